The first-order chi connectivity index (χ1) is 9.75. The summed E-state index contributed by atoms with van der Waals surface area (Å²) >= 11 is 7.10. The van der Waals surface area contributed by atoms with Crippen molar-refractivity contribution in [2.45, 2.75) is 0 Å². The van der Waals surface area contributed by atoms with E-state index in [9.17, 15) is 0 Å². The van der Waals surface area contributed by atoms with Crippen LogP contribution < -0.4 is 0 Å². The van der Waals surface area contributed by atoms with E-state index >= 15 is 0 Å². The number of fused-ring (bicyclic) bond motifs is 2. The second-order valence-electron chi connectivity index (χ2n) is 4.86. The highest BCUT2D eigenvalue weighted by molar-refractivity contribution is 9.10. The van der Waals surface area contributed by atoms with Crippen LogP contribution >= 0.6 is 31.9 Å². The van der Waals surface area contributed by atoms with Gasteiger partial charge in [-0.15, -0.1) is 0 Å². The van der Waals surface area contributed by atoms with Gasteiger partial charge >= 0.3 is 0 Å². The van der Waals surface area contributed by atoms with Gasteiger partial charge in [0.25, 0.3) is 0 Å². The lowest BCUT2D eigenvalue weighted by atomic mass is 9.97. The summed E-state index contributed by atoms with van der Waals surface area (Å²) < 4.78 is 13.3. The van der Waals surface area contributed by atoms with Crippen LogP contribution in [0.15, 0.2) is 54.6 Å². The summed E-state index contributed by atoms with van der Waals surface area (Å²) in [6.07, 6.45) is 0. The van der Waals surface area contributed by atoms with E-state index in [2.05, 4.69) is 44.0 Å². The lowest BCUT2D eigenvalue weighted by Crippen LogP contribution is -1.79. The van der Waals surface area contributed by atoms with E-state index in [-0.39, 0.29) is 0 Å². The van der Waals surface area contributed by atoms with Crippen molar-refractivity contribution in [2.75, 3.05) is 0 Å². The largest absolute Gasteiger partial charge is 0.449 e. The van der Waals surface area contributed by atoms with Crippen LogP contribution in [-0.4, -0.2) is 0 Å². The molecule has 0 atom stereocenters. The highest BCUT2D eigenvalue weighted by Crippen LogP contribution is 2.47. The first-order valence-electron chi connectivity index (χ1n) is 6.18. The van der Waals surface area contributed by atoms with Crippen LogP contribution in [0.2, 0.25) is 0 Å². The smallest absolute Gasteiger partial charge is 0.178 e. The second kappa shape index (κ2) is 3.57. The maximum Gasteiger partial charge on any atom is 0.178 e. The van der Waals surface area contributed by atoms with Crippen molar-refractivity contribution < 1.29 is 8.83 Å². The molecule has 0 spiro atoms. The van der Waals surface area contributed by atoms with Crippen molar-refractivity contribution in [2.24, 2.45) is 0 Å². The third kappa shape index (κ3) is 1.15. The lowest BCUT2D eigenvalue weighted by Gasteiger charge is -2.03. The monoisotopic (exact) mass is 388 g/mol. The minimum Gasteiger partial charge on any atom is -0.449 e. The molecule has 0 fully saturated rings. The normalized spacial score (nSPS) is 12.5. The average Bonchev–Trinajstić information content (AvgIpc) is 2.95. The molecule has 0 radical (unpaired) electrons. The Kier molecular flexibility index (Phi) is 1.99. The fourth-order valence-corrected chi connectivity index (χ4v) is 4.31. The summed E-state index contributed by atoms with van der Waals surface area (Å²) in [4.78, 5) is 0. The molecule has 0 aliphatic carbocycles. The third-order valence-corrected chi connectivity index (χ3v) is 5.00. The zero-order valence-electron chi connectivity index (χ0n) is 10.0. The molecule has 5 aromatic rings. The zero-order valence-corrected chi connectivity index (χ0v) is 13.2. The van der Waals surface area contributed by atoms with Gasteiger partial charge in [0.2, 0.25) is 0 Å². The Labute approximate surface area is 129 Å². The molecule has 4 heteroatoms. The van der Waals surface area contributed by atoms with Gasteiger partial charge in [0.1, 0.15) is 11.2 Å². The first-order valence-corrected chi connectivity index (χ1v) is 7.77. The summed E-state index contributed by atoms with van der Waals surface area (Å²) in [5.74, 6) is 0. The topological polar surface area (TPSA) is 26.3 Å². The summed E-state index contributed by atoms with van der Waals surface area (Å²) in [5.41, 5.74) is 1.78. The standard InChI is InChI=1S/C16H6Br2O2/c17-15-13-7-3-1-5-9-11(7)14(16(18)19-9)8-4-2-6-10(20-15)12(8)13/h1-6H. The molecule has 2 aromatic heterocycles. The molecule has 2 nitrogen and oxygen atoms in total. The molecule has 0 aliphatic rings. The summed E-state index contributed by atoms with van der Waals surface area (Å²) in [6.45, 7) is 0. The van der Waals surface area contributed by atoms with Gasteiger partial charge in [-0.3, -0.25) is 0 Å². The van der Waals surface area contributed by atoms with Gasteiger partial charge in [-0.25, -0.2) is 0 Å². The molecule has 0 bridgehead atoms. The minimum absolute atomic E-state index is 0.774. The predicted octanol–water partition coefficient (Wildman–Crippen LogP) is 6.45. The second-order valence-corrected chi connectivity index (χ2v) is 6.30. The number of hydrogen-bond acceptors (Lipinski definition) is 2. The van der Waals surface area contributed by atoms with E-state index < -0.39 is 0 Å². The molecule has 96 valence electrons. The Balaban J connectivity index is 2.35. The quantitative estimate of drug-likeness (QED) is 0.284. The number of benzene rings is 3. The molecular weight excluding hydrogens is 384 g/mol. The molecule has 0 unspecified atom stereocenters. The van der Waals surface area contributed by atoms with Gasteiger partial charge in [-0.05, 0) is 54.8 Å². The average molecular weight is 390 g/mol. The Morgan fingerprint density at radius 1 is 0.600 bits per heavy atom. The maximum atomic E-state index is 5.85. The Hall–Kier alpha value is -1.52. The number of rotatable bonds is 0. The van der Waals surface area contributed by atoms with Gasteiger partial charge in [-0.2, -0.15) is 0 Å². The van der Waals surface area contributed by atoms with Gasteiger partial charge in [-0.1, -0.05) is 24.3 Å². The SMILES string of the molecule is Brc1oc2cccc3c4c(Br)oc5cccc(c1c23)c54. The third-order valence-electron chi connectivity index (χ3n) is 3.88. The van der Waals surface area contributed by atoms with Crippen molar-refractivity contribution in [1.82, 2.24) is 0 Å². The molecule has 0 saturated heterocycles. The molecule has 0 N–H and O–H groups in total. The van der Waals surface area contributed by atoms with Crippen molar-refractivity contribution in [3.05, 3.63) is 45.7 Å². The van der Waals surface area contributed by atoms with Crippen LogP contribution in [0, 0.1) is 0 Å². The van der Waals surface area contributed by atoms with Gasteiger partial charge in [0, 0.05) is 21.5 Å². The molecule has 2 heterocycles. The van der Waals surface area contributed by atoms with Crippen LogP contribution in [0.4, 0.5) is 0 Å². The van der Waals surface area contributed by atoms with Crippen LogP contribution in [0.25, 0.3) is 43.5 Å². The van der Waals surface area contributed by atoms with Crippen molar-refractivity contribution >= 4 is 75.3 Å². The van der Waals surface area contributed by atoms with Crippen molar-refractivity contribution in [3.63, 3.8) is 0 Å². The molecule has 0 saturated carbocycles. The van der Waals surface area contributed by atoms with Crippen LogP contribution in [0.3, 0.4) is 0 Å². The number of furan rings is 2. The maximum absolute atomic E-state index is 5.85. The zero-order chi connectivity index (χ0) is 13.4. The summed E-state index contributed by atoms with van der Waals surface area (Å²) in [6, 6.07) is 12.2. The predicted molar refractivity (Wildman–Crippen MR) is 87.6 cm³/mol. The molecular formula is C16H6Br2O2. The Morgan fingerprint density at radius 2 is 1.05 bits per heavy atom. The van der Waals surface area contributed by atoms with Gasteiger partial charge < -0.3 is 8.83 Å². The molecule has 0 aliphatic heterocycles. The van der Waals surface area contributed by atoms with Crippen LogP contribution in [0.1, 0.15) is 0 Å². The summed E-state index contributed by atoms with van der Waals surface area (Å²) in [7, 11) is 0. The first kappa shape index (κ1) is 11.2. The van der Waals surface area contributed by atoms with E-state index in [4.69, 9.17) is 8.83 Å². The van der Waals surface area contributed by atoms with Gasteiger partial charge in [0.15, 0.2) is 9.34 Å². The molecule has 5 rings (SSSR count). The summed E-state index contributed by atoms with van der Waals surface area (Å²) in [5, 5.41) is 6.81. The number of hydrogen-bond donors (Lipinski definition) is 0. The highest BCUT2D eigenvalue weighted by Gasteiger charge is 2.21. The van der Waals surface area contributed by atoms with Gasteiger partial charge in [0.05, 0.1) is 0 Å². The van der Waals surface area contributed by atoms with E-state index in [0.717, 1.165) is 52.8 Å². The van der Waals surface area contributed by atoms with E-state index in [1.165, 1.54) is 0 Å². The van der Waals surface area contributed by atoms with E-state index in [0.29, 0.717) is 0 Å². The molecule has 20 heavy (non-hydrogen) atoms. The number of halogens is 2. The highest BCUT2D eigenvalue weighted by atomic mass is 79.9. The van der Waals surface area contributed by atoms with E-state index in [1.807, 2.05) is 24.3 Å². The molecule has 0 amide bonds. The Morgan fingerprint density at radius 3 is 1.50 bits per heavy atom. The van der Waals surface area contributed by atoms with Crippen LogP contribution in [-0.2, 0) is 0 Å². The van der Waals surface area contributed by atoms with Crippen LogP contribution in [0.5, 0.6) is 0 Å². The van der Waals surface area contributed by atoms with E-state index in [1.54, 1.807) is 0 Å². The fraction of sp³-hybridized carbons (Fsp3) is 0. The van der Waals surface area contributed by atoms with Crippen molar-refractivity contribution in [3.8, 4) is 0 Å². The molecule has 3 aromatic carbocycles. The lowest BCUT2D eigenvalue weighted by molar-refractivity contribution is 0.591. The van der Waals surface area contributed by atoms with Crippen molar-refractivity contribution in [1.29, 1.82) is 0 Å². The Bertz CT molecular complexity index is 1030. The fourth-order valence-electron chi connectivity index (χ4n) is 3.14. The minimum atomic E-state index is 0.774.